The molecule has 130 valence electrons. The number of carbonyl (C=O) groups is 1. The van der Waals surface area contributed by atoms with Gasteiger partial charge in [0.05, 0.1) is 19.3 Å². The number of hydrogen-bond donors (Lipinski definition) is 5. The fraction of sp³-hybridized carbons (Fsp3) is 0.500. The van der Waals surface area contributed by atoms with Gasteiger partial charge in [0.25, 0.3) is 5.56 Å². The van der Waals surface area contributed by atoms with Crippen molar-refractivity contribution in [2.24, 2.45) is 0 Å². The maximum atomic E-state index is 11.9. The number of amides is 1. The van der Waals surface area contributed by atoms with Crippen LogP contribution in [-0.2, 0) is 9.53 Å². The Balaban J connectivity index is 2.20. The van der Waals surface area contributed by atoms with E-state index in [-0.39, 0.29) is 18.5 Å². The highest BCUT2D eigenvalue weighted by molar-refractivity contribution is 5.77. The lowest BCUT2D eigenvalue weighted by atomic mass is 10.2. The van der Waals surface area contributed by atoms with Gasteiger partial charge in [0.1, 0.15) is 24.5 Å². The lowest BCUT2D eigenvalue weighted by Crippen LogP contribution is -2.33. The Morgan fingerprint density at radius 1 is 1.46 bits per heavy atom. The van der Waals surface area contributed by atoms with Crippen molar-refractivity contribution >= 4 is 5.91 Å². The van der Waals surface area contributed by atoms with Crippen LogP contribution >= 0.6 is 0 Å². The Morgan fingerprint density at radius 3 is 2.83 bits per heavy atom. The summed E-state index contributed by atoms with van der Waals surface area (Å²) in [5.74, 6) is 4.41. The van der Waals surface area contributed by atoms with Gasteiger partial charge >= 0.3 is 5.69 Å². The normalized spacial score (nSPS) is 22.7. The maximum Gasteiger partial charge on any atom is 0.330 e. The number of ether oxygens (including phenoxy) is 1. The average Bonchev–Trinajstić information content (AvgIpc) is 2.93. The number of aliphatic hydroxyl groups excluding tert-OH is 3. The number of rotatable bonds is 4. The number of nitrogens with one attached hydrogen (secondary N) is 2. The third kappa shape index (κ3) is 4.09. The number of carbonyl (C=O) groups excluding carboxylic acids is 1. The molecule has 3 atom stereocenters. The van der Waals surface area contributed by atoms with Gasteiger partial charge in [-0.2, -0.15) is 0 Å². The van der Waals surface area contributed by atoms with Gasteiger partial charge in [-0.25, -0.2) is 4.79 Å². The zero-order valence-corrected chi connectivity index (χ0v) is 12.6. The van der Waals surface area contributed by atoms with Crippen LogP contribution in [-0.4, -0.2) is 62.7 Å². The summed E-state index contributed by atoms with van der Waals surface area (Å²) in [6.07, 6.45) is -1.30. The van der Waals surface area contributed by atoms with Crippen molar-refractivity contribution in [1.82, 2.24) is 14.9 Å². The fourth-order valence-electron chi connectivity index (χ4n) is 2.18. The fourth-order valence-corrected chi connectivity index (χ4v) is 2.18. The van der Waals surface area contributed by atoms with Crippen LogP contribution in [0.1, 0.15) is 18.2 Å². The second kappa shape index (κ2) is 7.89. The number of H-pyrrole nitrogens is 1. The Morgan fingerprint density at radius 2 is 2.21 bits per heavy atom. The number of hydrogen-bond acceptors (Lipinski definition) is 7. The van der Waals surface area contributed by atoms with Crippen molar-refractivity contribution in [2.45, 2.75) is 24.9 Å². The summed E-state index contributed by atoms with van der Waals surface area (Å²) in [4.78, 5) is 36.6. The van der Waals surface area contributed by atoms with Crippen LogP contribution in [0.15, 0.2) is 15.8 Å². The zero-order valence-electron chi connectivity index (χ0n) is 12.6. The quantitative estimate of drug-likeness (QED) is 0.359. The molecule has 1 unspecified atom stereocenters. The highest BCUT2D eigenvalue weighted by Crippen LogP contribution is 2.27. The first kappa shape index (κ1) is 17.9. The maximum absolute atomic E-state index is 11.9. The third-order valence-electron chi connectivity index (χ3n) is 3.40. The molecule has 0 spiro atoms. The number of aromatic nitrogens is 2. The predicted octanol–water partition coefficient (Wildman–Crippen LogP) is -3.36. The third-order valence-corrected chi connectivity index (χ3v) is 3.40. The zero-order chi connectivity index (χ0) is 17.7. The van der Waals surface area contributed by atoms with Gasteiger partial charge in [-0.3, -0.25) is 19.1 Å². The SMILES string of the molecule is O=C(CO)NCC#Cc1cn([C@H]2CC(O)[C@@H](CO)O2)c(=O)[nH]c1=O. The molecule has 10 nitrogen and oxygen atoms in total. The summed E-state index contributed by atoms with van der Waals surface area (Å²) in [5.41, 5.74) is -1.46. The average molecular weight is 339 g/mol. The summed E-state index contributed by atoms with van der Waals surface area (Å²) in [6.45, 7) is -1.14. The Hall–Kier alpha value is -2.45. The molecule has 1 saturated heterocycles. The summed E-state index contributed by atoms with van der Waals surface area (Å²) in [6, 6.07) is 0. The lowest BCUT2D eigenvalue weighted by molar-refractivity contribution is -0.123. The van der Waals surface area contributed by atoms with Gasteiger partial charge in [0.15, 0.2) is 0 Å². The van der Waals surface area contributed by atoms with E-state index in [1.54, 1.807) is 0 Å². The van der Waals surface area contributed by atoms with Gasteiger partial charge in [-0.1, -0.05) is 11.8 Å². The van der Waals surface area contributed by atoms with Crippen molar-refractivity contribution in [3.8, 4) is 11.8 Å². The molecule has 0 saturated carbocycles. The molecule has 1 fully saturated rings. The molecule has 0 bridgehead atoms. The molecule has 0 aromatic carbocycles. The first-order valence-corrected chi connectivity index (χ1v) is 7.12. The molecule has 1 amide bonds. The van der Waals surface area contributed by atoms with E-state index in [4.69, 9.17) is 14.9 Å². The van der Waals surface area contributed by atoms with E-state index < -0.39 is 48.8 Å². The van der Waals surface area contributed by atoms with Crippen molar-refractivity contribution in [2.75, 3.05) is 19.8 Å². The summed E-state index contributed by atoms with van der Waals surface area (Å²) < 4.78 is 6.44. The summed E-state index contributed by atoms with van der Waals surface area (Å²) >= 11 is 0. The topological polar surface area (TPSA) is 154 Å². The molecule has 1 aromatic heterocycles. The molecule has 1 aromatic rings. The Labute approximate surface area is 135 Å². The molecule has 5 N–H and O–H groups in total. The predicted molar refractivity (Wildman–Crippen MR) is 79.9 cm³/mol. The van der Waals surface area contributed by atoms with E-state index >= 15 is 0 Å². The largest absolute Gasteiger partial charge is 0.394 e. The number of aromatic amines is 1. The first-order chi connectivity index (χ1) is 11.5. The molecule has 0 radical (unpaired) electrons. The van der Waals surface area contributed by atoms with E-state index in [1.807, 2.05) is 0 Å². The highest BCUT2D eigenvalue weighted by atomic mass is 16.5. The van der Waals surface area contributed by atoms with Crippen molar-refractivity contribution in [3.05, 3.63) is 32.6 Å². The smallest absolute Gasteiger partial charge is 0.330 e. The van der Waals surface area contributed by atoms with Crippen LogP contribution in [0.4, 0.5) is 0 Å². The van der Waals surface area contributed by atoms with Crippen LogP contribution in [0.2, 0.25) is 0 Å². The lowest BCUT2D eigenvalue weighted by Gasteiger charge is -2.14. The molecular formula is C14H17N3O7. The minimum absolute atomic E-state index is 0.0293. The van der Waals surface area contributed by atoms with Crippen LogP contribution in [0, 0.1) is 11.8 Å². The van der Waals surface area contributed by atoms with E-state index in [9.17, 15) is 19.5 Å². The second-order valence-corrected chi connectivity index (χ2v) is 5.06. The van der Waals surface area contributed by atoms with Gasteiger partial charge in [-0.15, -0.1) is 0 Å². The van der Waals surface area contributed by atoms with Crippen molar-refractivity contribution < 1.29 is 24.9 Å². The van der Waals surface area contributed by atoms with Crippen LogP contribution < -0.4 is 16.6 Å². The minimum atomic E-state index is -0.929. The van der Waals surface area contributed by atoms with E-state index in [0.717, 1.165) is 4.57 Å². The molecule has 1 aliphatic heterocycles. The van der Waals surface area contributed by atoms with Gasteiger partial charge in [0, 0.05) is 12.6 Å². The standard InChI is InChI=1S/C14H17N3O7/c18-6-10-9(20)4-12(24-10)17-5-8(13(22)16-14(17)23)2-1-3-15-11(21)7-19/h5,9-10,12,18-20H,3-4,6-7H2,(H,15,21)(H,16,22,23)/t9?,10-,12-/m1/s1. The highest BCUT2D eigenvalue weighted by Gasteiger charge is 2.35. The second-order valence-electron chi connectivity index (χ2n) is 5.06. The Bertz CT molecular complexity index is 773. The van der Waals surface area contributed by atoms with E-state index in [2.05, 4.69) is 22.1 Å². The monoisotopic (exact) mass is 339 g/mol. The van der Waals surface area contributed by atoms with Gasteiger partial charge < -0.3 is 25.4 Å². The van der Waals surface area contributed by atoms with Crippen molar-refractivity contribution in [1.29, 1.82) is 0 Å². The molecule has 24 heavy (non-hydrogen) atoms. The number of nitrogens with zero attached hydrogens (tertiary/aromatic N) is 1. The molecule has 2 rings (SSSR count). The molecule has 2 heterocycles. The Kier molecular flexibility index (Phi) is 5.88. The molecular weight excluding hydrogens is 322 g/mol. The molecule has 10 heteroatoms. The molecule has 1 aliphatic rings. The van der Waals surface area contributed by atoms with E-state index in [1.165, 1.54) is 6.20 Å². The van der Waals surface area contributed by atoms with Gasteiger partial charge in [-0.05, 0) is 0 Å². The van der Waals surface area contributed by atoms with Crippen molar-refractivity contribution in [3.63, 3.8) is 0 Å². The first-order valence-electron chi connectivity index (χ1n) is 7.12. The minimum Gasteiger partial charge on any atom is -0.394 e. The summed E-state index contributed by atoms with van der Waals surface area (Å²) in [5, 5.41) is 29.6. The van der Waals surface area contributed by atoms with Crippen LogP contribution in [0.25, 0.3) is 0 Å². The number of aliphatic hydroxyl groups is 3. The van der Waals surface area contributed by atoms with Crippen LogP contribution in [0.5, 0.6) is 0 Å². The van der Waals surface area contributed by atoms with Crippen LogP contribution in [0.3, 0.4) is 0 Å². The van der Waals surface area contributed by atoms with Gasteiger partial charge in [0.2, 0.25) is 5.91 Å². The summed E-state index contributed by atoms with van der Waals surface area (Å²) in [7, 11) is 0. The molecule has 0 aliphatic carbocycles. The van der Waals surface area contributed by atoms with E-state index in [0.29, 0.717) is 0 Å².